The molecule has 0 aliphatic rings. The molecule has 0 saturated carbocycles. The van der Waals surface area contributed by atoms with Crippen molar-refractivity contribution in [1.82, 2.24) is 0 Å². The Kier molecular flexibility index (Phi) is 6.75. The van der Waals surface area contributed by atoms with Crippen LogP contribution in [-0.4, -0.2) is 17.5 Å². The van der Waals surface area contributed by atoms with Crippen LogP contribution in [0.5, 0.6) is 11.5 Å². The molecule has 0 heterocycles. The van der Waals surface area contributed by atoms with Crippen molar-refractivity contribution in [3.8, 4) is 22.6 Å². The average molecular weight is 453 g/mol. The predicted molar refractivity (Wildman–Crippen MR) is 121 cm³/mol. The summed E-state index contributed by atoms with van der Waals surface area (Å²) in [6.07, 6.45) is 1.20. The Labute approximate surface area is 180 Å². The third kappa shape index (κ3) is 5.27. The van der Waals surface area contributed by atoms with Crippen LogP contribution < -0.4 is 4.74 Å². The molecule has 29 heavy (non-hydrogen) atoms. The molecule has 0 radical (unpaired) electrons. The number of carbonyl (C=O) groups is 1. The molecule has 0 aromatic heterocycles. The van der Waals surface area contributed by atoms with E-state index in [2.05, 4.69) is 22.0 Å². The quantitative estimate of drug-likeness (QED) is 0.451. The molecule has 3 aromatic rings. The van der Waals surface area contributed by atoms with Gasteiger partial charge in [0.2, 0.25) is 0 Å². The van der Waals surface area contributed by atoms with Gasteiger partial charge in [-0.25, -0.2) is 0 Å². The zero-order valence-electron chi connectivity index (χ0n) is 17.0. The van der Waals surface area contributed by atoms with E-state index in [1.165, 1.54) is 0 Å². The number of aromatic hydroxyl groups is 1. The lowest BCUT2D eigenvalue weighted by molar-refractivity contribution is -0.120. The van der Waals surface area contributed by atoms with Crippen LogP contribution in [0.3, 0.4) is 0 Å². The van der Waals surface area contributed by atoms with Gasteiger partial charge in [0.1, 0.15) is 18.1 Å². The maximum absolute atomic E-state index is 11.5. The van der Waals surface area contributed by atoms with Crippen molar-refractivity contribution in [2.75, 3.05) is 6.61 Å². The maximum Gasteiger partial charge on any atom is 0.169 e. The Balaban J connectivity index is 1.86. The van der Waals surface area contributed by atoms with Gasteiger partial charge in [-0.3, -0.25) is 4.79 Å². The number of hydrogen-bond acceptors (Lipinski definition) is 3. The molecule has 0 unspecified atom stereocenters. The Bertz CT molecular complexity index is 1020. The van der Waals surface area contributed by atoms with Crippen molar-refractivity contribution in [3.63, 3.8) is 0 Å². The molecule has 0 aliphatic heterocycles. The fourth-order valence-corrected chi connectivity index (χ4v) is 3.94. The Morgan fingerprint density at radius 1 is 1.07 bits per heavy atom. The van der Waals surface area contributed by atoms with Crippen LogP contribution in [0.2, 0.25) is 0 Å². The SMILES string of the molecule is CCC(=O)COc1cc(C)c(Cc2ccc(O)c(-c3cccc(C)c3)c2)c(Br)c1. The second-order valence-electron chi connectivity index (χ2n) is 7.28. The number of benzene rings is 3. The van der Waals surface area contributed by atoms with Crippen molar-refractivity contribution in [1.29, 1.82) is 0 Å². The standard InChI is InChI=1S/C25H25BrO3/c1-4-20(27)15-29-21-11-17(3)22(24(26)14-21)12-18-8-9-25(28)23(13-18)19-7-5-6-16(2)10-19/h5-11,13-14,28H,4,12,15H2,1-3H3. The minimum absolute atomic E-state index is 0.0793. The third-order valence-corrected chi connectivity index (χ3v) is 5.66. The van der Waals surface area contributed by atoms with Gasteiger partial charge in [-0.05, 0) is 66.8 Å². The number of ketones is 1. The van der Waals surface area contributed by atoms with E-state index >= 15 is 0 Å². The summed E-state index contributed by atoms with van der Waals surface area (Å²) in [6, 6.07) is 17.7. The van der Waals surface area contributed by atoms with E-state index in [9.17, 15) is 9.90 Å². The molecule has 0 amide bonds. The molecule has 1 N–H and O–H groups in total. The monoisotopic (exact) mass is 452 g/mol. The highest BCUT2D eigenvalue weighted by Crippen LogP contribution is 2.33. The fourth-order valence-electron chi connectivity index (χ4n) is 3.26. The van der Waals surface area contributed by atoms with Crippen molar-refractivity contribution in [3.05, 3.63) is 81.3 Å². The number of Topliss-reactive ketones (excluding diaryl/α,β-unsaturated/α-hetero) is 1. The molecule has 3 rings (SSSR count). The van der Waals surface area contributed by atoms with E-state index < -0.39 is 0 Å². The van der Waals surface area contributed by atoms with Crippen LogP contribution in [0.4, 0.5) is 0 Å². The van der Waals surface area contributed by atoms with E-state index in [0.29, 0.717) is 12.2 Å². The first kappa shape index (κ1) is 21.1. The first-order valence-electron chi connectivity index (χ1n) is 9.69. The number of aryl methyl sites for hydroxylation is 2. The summed E-state index contributed by atoms with van der Waals surface area (Å²) in [5.74, 6) is 1.04. The Morgan fingerprint density at radius 3 is 2.55 bits per heavy atom. The molecule has 0 bridgehead atoms. The van der Waals surface area contributed by atoms with E-state index in [1.54, 1.807) is 6.07 Å². The summed E-state index contributed by atoms with van der Waals surface area (Å²) in [7, 11) is 0. The van der Waals surface area contributed by atoms with E-state index in [1.807, 2.05) is 63.2 Å². The fraction of sp³-hybridized carbons (Fsp3) is 0.240. The summed E-state index contributed by atoms with van der Waals surface area (Å²) in [5, 5.41) is 10.4. The van der Waals surface area contributed by atoms with E-state index in [0.717, 1.165) is 44.3 Å². The van der Waals surface area contributed by atoms with Crippen molar-refractivity contribution in [2.24, 2.45) is 0 Å². The number of rotatable bonds is 7. The van der Waals surface area contributed by atoms with Gasteiger partial charge in [-0.2, -0.15) is 0 Å². The van der Waals surface area contributed by atoms with Gasteiger partial charge < -0.3 is 9.84 Å². The highest BCUT2D eigenvalue weighted by molar-refractivity contribution is 9.10. The summed E-state index contributed by atoms with van der Waals surface area (Å²) in [5.41, 5.74) is 6.34. The lowest BCUT2D eigenvalue weighted by Crippen LogP contribution is -2.09. The minimum Gasteiger partial charge on any atom is -0.507 e. The predicted octanol–water partition coefficient (Wildman–Crippen LogP) is 6.39. The molecule has 0 atom stereocenters. The summed E-state index contributed by atoms with van der Waals surface area (Å²) >= 11 is 3.65. The van der Waals surface area contributed by atoms with Gasteiger partial charge in [-0.1, -0.05) is 58.7 Å². The van der Waals surface area contributed by atoms with Crippen LogP contribution in [0.25, 0.3) is 11.1 Å². The molecular formula is C25H25BrO3. The molecule has 150 valence electrons. The van der Waals surface area contributed by atoms with Crippen LogP contribution in [0.1, 0.15) is 35.6 Å². The first-order valence-corrected chi connectivity index (χ1v) is 10.5. The van der Waals surface area contributed by atoms with Gasteiger partial charge in [0.05, 0.1) is 0 Å². The molecule has 0 spiro atoms. The summed E-state index contributed by atoms with van der Waals surface area (Å²) < 4.78 is 6.56. The molecule has 0 fully saturated rings. The highest BCUT2D eigenvalue weighted by Gasteiger charge is 2.12. The highest BCUT2D eigenvalue weighted by atomic mass is 79.9. The number of carbonyl (C=O) groups excluding carboxylic acids is 1. The number of hydrogen-bond donors (Lipinski definition) is 1. The van der Waals surface area contributed by atoms with Gasteiger partial charge in [-0.15, -0.1) is 0 Å². The van der Waals surface area contributed by atoms with Crippen LogP contribution in [-0.2, 0) is 11.2 Å². The largest absolute Gasteiger partial charge is 0.507 e. The van der Waals surface area contributed by atoms with Crippen molar-refractivity contribution < 1.29 is 14.6 Å². The zero-order chi connectivity index (χ0) is 21.0. The number of ether oxygens (including phenoxy) is 1. The Hall–Kier alpha value is -2.59. The average Bonchev–Trinajstić information content (AvgIpc) is 2.70. The molecule has 3 aromatic carbocycles. The summed E-state index contributed by atoms with van der Waals surface area (Å²) in [6.45, 7) is 6.01. The van der Waals surface area contributed by atoms with Crippen LogP contribution >= 0.6 is 15.9 Å². The molecule has 4 heteroatoms. The van der Waals surface area contributed by atoms with Crippen molar-refractivity contribution >= 4 is 21.7 Å². The molecule has 0 aliphatic carbocycles. The second-order valence-corrected chi connectivity index (χ2v) is 8.13. The van der Waals surface area contributed by atoms with Gasteiger partial charge in [0, 0.05) is 16.5 Å². The first-order chi connectivity index (χ1) is 13.9. The lowest BCUT2D eigenvalue weighted by Gasteiger charge is -2.14. The normalized spacial score (nSPS) is 10.8. The molecule has 3 nitrogen and oxygen atoms in total. The number of phenolic OH excluding ortho intramolecular Hbond substituents is 1. The maximum atomic E-state index is 11.5. The Morgan fingerprint density at radius 2 is 1.86 bits per heavy atom. The number of halogens is 1. The summed E-state index contributed by atoms with van der Waals surface area (Å²) in [4.78, 5) is 11.5. The second kappa shape index (κ2) is 9.27. The minimum atomic E-state index is 0.0793. The zero-order valence-corrected chi connectivity index (χ0v) is 18.5. The van der Waals surface area contributed by atoms with Crippen molar-refractivity contribution in [2.45, 2.75) is 33.6 Å². The smallest absolute Gasteiger partial charge is 0.169 e. The van der Waals surface area contributed by atoms with Gasteiger partial charge in [0.15, 0.2) is 5.78 Å². The number of phenols is 1. The van der Waals surface area contributed by atoms with Crippen LogP contribution in [0, 0.1) is 13.8 Å². The van der Waals surface area contributed by atoms with E-state index in [-0.39, 0.29) is 18.1 Å². The topological polar surface area (TPSA) is 46.5 Å². The van der Waals surface area contributed by atoms with Gasteiger partial charge >= 0.3 is 0 Å². The lowest BCUT2D eigenvalue weighted by atomic mass is 9.96. The van der Waals surface area contributed by atoms with Gasteiger partial charge in [0.25, 0.3) is 0 Å². The molecular weight excluding hydrogens is 428 g/mol. The third-order valence-electron chi connectivity index (χ3n) is 4.96. The molecule has 0 saturated heterocycles. The van der Waals surface area contributed by atoms with Crippen LogP contribution in [0.15, 0.2) is 59.1 Å². The van der Waals surface area contributed by atoms with E-state index in [4.69, 9.17) is 4.74 Å².